The van der Waals surface area contributed by atoms with Crippen LogP contribution in [-0.4, -0.2) is 30.3 Å². The summed E-state index contributed by atoms with van der Waals surface area (Å²) in [5, 5.41) is 5.44. The lowest BCUT2D eigenvalue weighted by atomic mass is 10.1. The molecule has 6 nitrogen and oxygen atoms in total. The quantitative estimate of drug-likeness (QED) is 0.545. The second kappa shape index (κ2) is 11.1. The lowest BCUT2D eigenvalue weighted by molar-refractivity contribution is -0.124. The predicted molar refractivity (Wildman–Crippen MR) is 124 cm³/mol. The third kappa shape index (κ3) is 6.17. The number of nitrogens with one attached hydrogen (secondary N) is 2. The van der Waals surface area contributed by atoms with Crippen molar-refractivity contribution in [1.82, 2.24) is 5.32 Å². The number of hydrogen-bond acceptors (Lipinski definition) is 5. The zero-order valence-electron chi connectivity index (χ0n) is 18.3. The van der Waals surface area contributed by atoms with Crippen LogP contribution in [0.4, 0.5) is 5.69 Å². The van der Waals surface area contributed by atoms with E-state index in [0.29, 0.717) is 24.7 Å². The van der Waals surface area contributed by atoms with Crippen molar-refractivity contribution in [3.05, 3.63) is 48.0 Å². The van der Waals surface area contributed by atoms with Crippen molar-refractivity contribution in [2.75, 3.05) is 18.5 Å². The number of fused-ring (bicyclic) bond motifs is 1. The normalized spacial score (nSPS) is 16.1. The molecule has 0 bridgehead atoms. The van der Waals surface area contributed by atoms with Crippen molar-refractivity contribution in [2.45, 2.75) is 56.2 Å². The van der Waals surface area contributed by atoms with E-state index in [9.17, 15) is 9.59 Å². The summed E-state index contributed by atoms with van der Waals surface area (Å²) in [6.07, 6.45) is 1.93. The van der Waals surface area contributed by atoms with E-state index in [0.717, 1.165) is 29.0 Å². The highest BCUT2D eigenvalue weighted by atomic mass is 32.2. The summed E-state index contributed by atoms with van der Waals surface area (Å²) >= 11 is 1.43. The van der Waals surface area contributed by atoms with Crippen molar-refractivity contribution >= 4 is 29.3 Å². The van der Waals surface area contributed by atoms with Crippen molar-refractivity contribution in [3.63, 3.8) is 0 Å². The zero-order chi connectivity index (χ0) is 22.2. The Labute approximate surface area is 188 Å². The molecule has 2 aromatic rings. The van der Waals surface area contributed by atoms with Crippen molar-refractivity contribution < 1.29 is 19.1 Å². The SMILES string of the molecule is CCCOc1ccc([C@@H](C)NC(=O)C[C@H]2Sc3ccccc3NC2=O)cc1OCCC. The van der Waals surface area contributed by atoms with E-state index in [-0.39, 0.29) is 24.3 Å². The van der Waals surface area contributed by atoms with E-state index in [1.165, 1.54) is 11.8 Å². The minimum absolute atomic E-state index is 0.117. The summed E-state index contributed by atoms with van der Waals surface area (Å²) in [6.45, 7) is 7.26. The van der Waals surface area contributed by atoms with Gasteiger partial charge in [0.15, 0.2) is 11.5 Å². The first-order valence-corrected chi connectivity index (χ1v) is 11.6. The fourth-order valence-corrected chi connectivity index (χ4v) is 4.34. The van der Waals surface area contributed by atoms with Crippen LogP contribution in [0.15, 0.2) is 47.4 Å². The molecule has 0 fully saturated rings. The fraction of sp³-hybridized carbons (Fsp3) is 0.417. The molecule has 0 spiro atoms. The molecule has 2 aromatic carbocycles. The molecule has 166 valence electrons. The molecule has 0 radical (unpaired) electrons. The Morgan fingerprint density at radius 1 is 1.10 bits per heavy atom. The van der Waals surface area contributed by atoms with Gasteiger partial charge in [0.25, 0.3) is 0 Å². The number of ether oxygens (including phenoxy) is 2. The standard InChI is InChI=1S/C24H30N2O4S/c1-4-12-29-19-11-10-17(14-20(19)30-13-5-2)16(3)25-23(27)15-22-24(28)26-18-8-6-7-9-21(18)31-22/h6-11,14,16,22H,4-5,12-13,15H2,1-3H3,(H,25,27)(H,26,28)/t16-,22-/m1/s1. The van der Waals surface area contributed by atoms with Gasteiger partial charge in [0.2, 0.25) is 11.8 Å². The summed E-state index contributed by atoms with van der Waals surface area (Å²) in [5.74, 6) is 1.10. The van der Waals surface area contributed by atoms with Crippen LogP contribution in [0.1, 0.15) is 51.6 Å². The predicted octanol–water partition coefficient (Wildman–Crippen LogP) is 4.94. The minimum Gasteiger partial charge on any atom is -0.490 e. The van der Waals surface area contributed by atoms with E-state index in [4.69, 9.17) is 9.47 Å². The molecule has 1 aliphatic rings. The first-order valence-electron chi connectivity index (χ1n) is 10.8. The number of rotatable bonds is 10. The topological polar surface area (TPSA) is 76.7 Å². The summed E-state index contributed by atoms with van der Waals surface area (Å²) < 4.78 is 11.6. The number of para-hydroxylation sites is 1. The summed E-state index contributed by atoms with van der Waals surface area (Å²) in [5.41, 5.74) is 1.72. The highest BCUT2D eigenvalue weighted by molar-refractivity contribution is 8.01. The van der Waals surface area contributed by atoms with E-state index in [1.54, 1.807) is 0 Å². The molecule has 0 saturated heterocycles. The molecular weight excluding hydrogens is 412 g/mol. The van der Waals surface area contributed by atoms with Gasteiger partial charge in [0.05, 0.1) is 30.2 Å². The second-order valence-electron chi connectivity index (χ2n) is 7.49. The van der Waals surface area contributed by atoms with Crippen molar-refractivity contribution in [2.24, 2.45) is 0 Å². The highest BCUT2D eigenvalue weighted by Crippen LogP contribution is 2.37. The fourth-order valence-electron chi connectivity index (χ4n) is 3.23. The molecule has 2 N–H and O–H groups in total. The van der Waals surface area contributed by atoms with Gasteiger partial charge >= 0.3 is 0 Å². The maximum Gasteiger partial charge on any atom is 0.238 e. The molecule has 0 aromatic heterocycles. The largest absolute Gasteiger partial charge is 0.490 e. The van der Waals surface area contributed by atoms with Gasteiger partial charge in [-0.3, -0.25) is 9.59 Å². The molecular formula is C24H30N2O4S. The molecule has 7 heteroatoms. The van der Waals surface area contributed by atoms with E-state index < -0.39 is 5.25 Å². The molecule has 1 aliphatic heterocycles. The number of hydrogen-bond donors (Lipinski definition) is 2. The number of benzene rings is 2. The molecule has 3 rings (SSSR count). The van der Waals surface area contributed by atoms with E-state index >= 15 is 0 Å². The number of thioether (sulfide) groups is 1. The minimum atomic E-state index is -0.449. The van der Waals surface area contributed by atoms with Crippen LogP contribution in [0.25, 0.3) is 0 Å². The van der Waals surface area contributed by atoms with Crippen LogP contribution < -0.4 is 20.1 Å². The van der Waals surface area contributed by atoms with Crippen LogP contribution in [0.2, 0.25) is 0 Å². The number of carbonyl (C=O) groups is 2. The van der Waals surface area contributed by atoms with Gasteiger partial charge < -0.3 is 20.1 Å². The average Bonchev–Trinajstić information content (AvgIpc) is 2.76. The number of carbonyl (C=O) groups excluding carboxylic acids is 2. The van der Waals surface area contributed by atoms with Crippen LogP contribution in [0.3, 0.4) is 0 Å². The maximum atomic E-state index is 12.7. The van der Waals surface area contributed by atoms with Crippen molar-refractivity contribution in [1.29, 1.82) is 0 Å². The van der Waals surface area contributed by atoms with Gasteiger partial charge in [0, 0.05) is 11.3 Å². The van der Waals surface area contributed by atoms with Crippen LogP contribution in [0.5, 0.6) is 11.5 Å². The monoisotopic (exact) mass is 442 g/mol. The Bertz CT molecular complexity index is 918. The first kappa shape index (κ1) is 23.0. The average molecular weight is 443 g/mol. The molecule has 2 amide bonds. The molecule has 1 heterocycles. The smallest absolute Gasteiger partial charge is 0.238 e. The lowest BCUT2D eigenvalue weighted by Gasteiger charge is -2.24. The maximum absolute atomic E-state index is 12.7. The molecule has 0 saturated carbocycles. The Kier molecular flexibility index (Phi) is 8.23. The summed E-state index contributed by atoms with van der Waals surface area (Å²) in [4.78, 5) is 26.0. The summed E-state index contributed by atoms with van der Waals surface area (Å²) in [6, 6.07) is 13.1. The number of anilines is 1. The molecule has 0 aliphatic carbocycles. The van der Waals surface area contributed by atoms with Crippen molar-refractivity contribution in [3.8, 4) is 11.5 Å². The highest BCUT2D eigenvalue weighted by Gasteiger charge is 2.29. The zero-order valence-corrected chi connectivity index (χ0v) is 19.1. The lowest BCUT2D eigenvalue weighted by Crippen LogP contribution is -2.35. The Morgan fingerprint density at radius 3 is 2.55 bits per heavy atom. The summed E-state index contributed by atoms with van der Waals surface area (Å²) in [7, 11) is 0. The number of amides is 2. The van der Waals surface area contributed by atoms with Gasteiger partial charge in [-0.15, -0.1) is 11.8 Å². The van der Waals surface area contributed by atoms with Crippen LogP contribution in [-0.2, 0) is 9.59 Å². The Morgan fingerprint density at radius 2 is 1.81 bits per heavy atom. The van der Waals surface area contributed by atoms with E-state index in [1.807, 2.05) is 49.4 Å². The van der Waals surface area contributed by atoms with Gasteiger partial charge in [-0.1, -0.05) is 32.0 Å². The van der Waals surface area contributed by atoms with Gasteiger partial charge in [-0.2, -0.15) is 0 Å². The van der Waals surface area contributed by atoms with Crippen LogP contribution >= 0.6 is 11.8 Å². The van der Waals surface area contributed by atoms with Gasteiger partial charge in [0.1, 0.15) is 0 Å². The Balaban J connectivity index is 1.63. The molecule has 2 atom stereocenters. The van der Waals surface area contributed by atoms with Gasteiger partial charge in [-0.25, -0.2) is 0 Å². The second-order valence-corrected chi connectivity index (χ2v) is 8.73. The molecule has 31 heavy (non-hydrogen) atoms. The Hall–Kier alpha value is -2.67. The third-order valence-electron chi connectivity index (χ3n) is 4.85. The molecule has 0 unspecified atom stereocenters. The van der Waals surface area contributed by atoms with Crippen LogP contribution in [0, 0.1) is 0 Å². The van der Waals surface area contributed by atoms with E-state index in [2.05, 4.69) is 24.5 Å². The third-order valence-corrected chi connectivity index (χ3v) is 6.12. The first-order chi connectivity index (χ1) is 15.0. The van der Waals surface area contributed by atoms with Gasteiger partial charge in [-0.05, 0) is 49.6 Å².